The van der Waals surface area contributed by atoms with Gasteiger partial charge >= 0.3 is 0 Å². The summed E-state index contributed by atoms with van der Waals surface area (Å²) in [6.07, 6.45) is 12.4. The number of hydrogen-bond acceptors (Lipinski definition) is 2. The van der Waals surface area contributed by atoms with Crippen molar-refractivity contribution in [2.24, 2.45) is 11.8 Å². The zero-order valence-corrected chi connectivity index (χ0v) is 12.3. The van der Waals surface area contributed by atoms with Gasteiger partial charge in [-0.3, -0.25) is 4.79 Å². The molecule has 0 aromatic rings. The molecule has 2 N–H and O–H groups in total. The van der Waals surface area contributed by atoms with Crippen LogP contribution in [0.5, 0.6) is 0 Å². The number of carbonyl (C=O) groups is 1. The van der Waals surface area contributed by atoms with Gasteiger partial charge in [-0.15, -0.1) is 0 Å². The molecular weight excluding hydrogens is 236 g/mol. The monoisotopic (exact) mass is 266 g/mol. The van der Waals surface area contributed by atoms with Crippen LogP contribution in [-0.4, -0.2) is 25.5 Å². The Morgan fingerprint density at radius 3 is 2.42 bits per heavy atom. The highest BCUT2D eigenvalue weighted by molar-refractivity contribution is 5.76. The van der Waals surface area contributed by atoms with Crippen LogP contribution in [0, 0.1) is 11.8 Å². The zero-order chi connectivity index (χ0) is 13.3. The molecule has 110 valence electrons. The van der Waals surface area contributed by atoms with Gasteiger partial charge in [0.05, 0.1) is 0 Å². The fraction of sp³-hybridized carbons (Fsp3) is 0.938. The van der Waals surface area contributed by atoms with Crippen molar-refractivity contribution in [3.05, 3.63) is 0 Å². The summed E-state index contributed by atoms with van der Waals surface area (Å²) >= 11 is 0. The molecule has 1 unspecified atom stereocenters. The number of amides is 1. The van der Waals surface area contributed by atoms with Crippen LogP contribution < -0.4 is 10.6 Å². The van der Waals surface area contributed by atoms with Crippen molar-refractivity contribution in [1.82, 2.24) is 10.6 Å². The Hall–Kier alpha value is -0.570. The Labute approximate surface area is 117 Å². The lowest BCUT2D eigenvalue weighted by Gasteiger charge is -2.22. The van der Waals surface area contributed by atoms with Crippen LogP contribution in [0.3, 0.4) is 0 Å². The molecule has 1 amide bonds. The molecule has 19 heavy (non-hydrogen) atoms. The van der Waals surface area contributed by atoms with E-state index in [0.29, 0.717) is 5.92 Å². The lowest BCUT2D eigenvalue weighted by Crippen LogP contribution is -2.33. The average molecular weight is 266 g/mol. The van der Waals surface area contributed by atoms with Crippen LogP contribution in [0.4, 0.5) is 0 Å². The minimum absolute atomic E-state index is 0.288. The third-order valence-electron chi connectivity index (χ3n) is 4.72. The van der Waals surface area contributed by atoms with Crippen LogP contribution >= 0.6 is 0 Å². The second-order valence-electron chi connectivity index (χ2n) is 6.41. The van der Waals surface area contributed by atoms with Crippen molar-refractivity contribution in [3.63, 3.8) is 0 Å². The molecule has 2 fully saturated rings. The van der Waals surface area contributed by atoms with Gasteiger partial charge in [-0.1, -0.05) is 25.7 Å². The number of nitrogens with one attached hydrogen (secondary N) is 2. The first-order valence-corrected chi connectivity index (χ1v) is 8.32. The van der Waals surface area contributed by atoms with Gasteiger partial charge in [0.1, 0.15) is 0 Å². The lowest BCUT2D eigenvalue weighted by molar-refractivity contribution is -0.122. The molecule has 2 aliphatic rings. The number of rotatable bonds is 5. The Bertz CT molecular complexity index is 253. The van der Waals surface area contributed by atoms with Gasteiger partial charge in [0, 0.05) is 13.0 Å². The molecule has 1 saturated heterocycles. The molecule has 1 aliphatic heterocycles. The fourth-order valence-electron chi connectivity index (χ4n) is 3.49. The largest absolute Gasteiger partial charge is 0.356 e. The molecule has 1 atom stereocenters. The van der Waals surface area contributed by atoms with E-state index in [-0.39, 0.29) is 5.91 Å². The summed E-state index contributed by atoms with van der Waals surface area (Å²) in [5.41, 5.74) is 0. The molecule has 0 bridgehead atoms. The second kappa shape index (κ2) is 8.57. The molecule has 0 radical (unpaired) electrons. The average Bonchev–Trinajstić information content (AvgIpc) is 2.68. The van der Waals surface area contributed by atoms with Crippen molar-refractivity contribution in [3.8, 4) is 0 Å². The third-order valence-corrected chi connectivity index (χ3v) is 4.72. The SMILES string of the molecule is O=C(CC1CCCCCC1)NCCC1CCCNC1. The summed E-state index contributed by atoms with van der Waals surface area (Å²) in [4.78, 5) is 11.9. The van der Waals surface area contributed by atoms with E-state index in [0.717, 1.165) is 31.8 Å². The molecular formula is C16H30N2O. The minimum atomic E-state index is 0.288. The highest BCUT2D eigenvalue weighted by Crippen LogP contribution is 2.25. The van der Waals surface area contributed by atoms with Crippen molar-refractivity contribution < 1.29 is 4.79 Å². The first-order chi connectivity index (χ1) is 9.34. The summed E-state index contributed by atoms with van der Waals surface area (Å²) in [7, 11) is 0. The summed E-state index contributed by atoms with van der Waals surface area (Å²) in [5, 5.41) is 6.56. The van der Waals surface area contributed by atoms with E-state index in [1.807, 2.05) is 0 Å². The predicted molar refractivity (Wildman–Crippen MR) is 79.0 cm³/mol. The van der Waals surface area contributed by atoms with E-state index in [9.17, 15) is 4.79 Å². The first-order valence-electron chi connectivity index (χ1n) is 8.32. The topological polar surface area (TPSA) is 41.1 Å². The van der Waals surface area contributed by atoms with Gasteiger partial charge in [-0.05, 0) is 57.0 Å². The maximum absolute atomic E-state index is 11.9. The summed E-state index contributed by atoms with van der Waals surface area (Å²) < 4.78 is 0. The van der Waals surface area contributed by atoms with Crippen LogP contribution in [-0.2, 0) is 4.79 Å². The third kappa shape index (κ3) is 5.94. The maximum atomic E-state index is 11.9. The Kier molecular flexibility index (Phi) is 6.69. The number of hydrogen-bond donors (Lipinski definition) is 2. The molecule has 1 heterocycles. The molecule has 0 spiro atoms. The van der Waals surface area contributed by atoms with Gasteiger partial charge in [0.15, 0.2) is 0 Å². The normalized spacial score (nSPS) is 25.8. The zero-order valence-electron chi connectivity index (χ0n) is 12.3. The van der Waals surface area contributed by atoms with Crippen LogP contribution in [0.2, 0.25) is 0 Å². The molecule has 3 nitrogen and oxygen atoms in total. The van der Waals surface area contributed by atoms with Crippen LogP contribution in [0.15, 0.2) is 0 Å². The quantitative estimate of drug-likeness (QED) is 0.751. The Morgan fingerprint density at radius 1 is 1.00 bits per heavy atom. The molecule has 1 aliphatic carbocycles. The van der Waals surface area contributed by atoms with Crippen LogP contribution in [0.25, 0.3) is 0 Å². The fourth-order valence-corrected chi connectivity index (χ4v) is 3.49. The molecule has 3 heteroatoms. The van der Waals surface area contributed by atoms with E-state index in [4.69, 9.17) is 0 Å². The van der Waals surface area contributed by atoms with Crippen molar-refractivity contribution in [1.29, 1.82) is 0 Å². The van der Waals surface area contributed by atoms with Crippen LogP contribution in [0.1, 0.15) is 64.2 Å². The number of carbonyl (C=O) groups excluding carboxylic acids is 1. The van der Waals surface area contributed by atoms with Gasteiger partial charge in [-0.25, -0.2) is 0 Å². The Balaban J connectivity index is 1.55. The molecule has 0 aromatic carbocycles. The van der Waals surface area contributed by atoms with E-state index in [1.54, 1.807) is 0 Å². The lowest BCUT2D eigenvalue weighted by atomic mass is 9.95. The van der Waals surface area contributed by atoms with E-state index >= 15 is 0 Å². The van der Waals surface area contributed by atoms with Crippen molar-refractivity contribution in [2.75, 3.05) is 19.6 Å². The predicted octanol–water partition coefficient (Wildman–Crippen LogP) is 2.85. The Morgan fingerprint density at radius 2 is 1.74 bits per heavy atom. The van der Waals surface area contributed by atoms with Gasteiger partial charge in [-0.2, -0.15) is 0 Å². The molecule has 0 aromatic heterocycles. The van der Waals surface area contributed by atoms with Crippen molar-refractivity contribution in [2.45, 2.75) is 64.2 Å². The smallest absolute Gasteiger partial charge is 0.220 e. The highest BCUT2D eigenvalue weighted by atomic mass is 16.1. The second-order valence-corrected chi connectivity index (χ2v) is 6.41. The summed E-state index contributed by atoms with van der Waals surface area (Å²) in [5.74, 6) is 1.71. The van der Waals surface area contributed by atoms with E-state index < -0.39 is 0 Å². The van der Waals surface area contributed by atoms with Gasteiger partial charge < -0.3 is 10.6 Å². The van der Waals surface area contributed by atoms with Crippen molar-refractivity contribution >= 4 is 5.91 Å². The standard InChI is InChI=1S/C16H30N2O/c19-16(12-14-6-3-1-2-4-7-14)18-11-9-15-8-5-10-17-13-15/h14-15,17H,1-13H2,(H,18,19). The molecule has 1 saturated carbocycles. The maximum Gasteiger partial charge on any atom is 0.220 e. The van der Waals surface area contributed by atoms with E-state index in [1.165, 1.54) is 57.9 Å². The summed E-state index contributed by atoms with van der Waals surface area (Å²) in [6.45, 7) is 3.18. The van der Waals surface area contributed by atoms with E-state index in [2.05, 4.69) is 10.6 Å². The molecule has 2 rings (SSSR count). The highest BCUT2D eigenvalue weighted by Gasteiger charge is 2.17. The first kappa shape index (κ1) is 14.8. The number of piperidine rings is 1. The van der Waals surface area contributed by atoms with Gasteiger partial charge in [0.25, 0.3) is 0 Å². The minimum Gasteiger partial charge on any atom is -0.356 e. The van der Waals surface area contributed by atoms with Gasteiger partial charge in [0.2, 0.25) is 5.91 Å². The summed E-state index contributed by atoms with van der Waals surface area (Å²) in [6, 6.07) is 0.